The van der Waals surface area contributed by atoms with E-state index >= 15 is 0 Å². The molecule has 1 aliphatic rings. The first-order valence-electron chi connectivity index (χ1n) is 6.45. The number of benzene rings is 1. The number of nitrogens with zero attached hydrogens (tertiary/aromatic N) is 3. The Labute approximate surface area is 125 Å². The van der Waals surface area contributed by atoms with Crippen LogP contribution in [0.5, 0.6) is 0 Å². The maximum atomic E-state index is 13.2. The number of halogens is 2. The lowest BCUT2D eigenvalue weighted by Gasteiger charge is -2.38. The molecule has 9 heteroatoms. The highest BCUT2D eigenvalue weighted by Crippen LogP contribution is 2.24. The first-order valence-corrected chi connectivity index (χ1v) is 7.89. The molecule has 1 aliphatic heterocycles. The molecule has 0 atom stereocenters. The summed E-state index contributed by atoms with van der Waals surface area (Å²) in [5, 5.41) is 2.99. The molecule has 1 saturated heterocycles. The maximum Gasteiger partial charge on any atom is 0.243 e. The van der Waals surface area contributed by atoms with Crippen molar-refractivity contribution in [2.75, 3.05) is 18.4 Å². The van der Waals surface area contributed by atoms with E-state index in [1.54, 1.807) is 18.5 Å². The van der Waals surface area contributed by atoms with E-state index in [0.29, 0.717) is 12.0 Å². The van der Waals surface area contributed by atoms with E-state index < -0.39 is 21.7 Å². The smallest absolute Gasteiger partial charge is 0.243 e. The zero-order valence-corrected chi connectivity index (χ0v) is 12.1. The zero-order valence-electron chi connectivity index (χ0n) is 11.3. The normalized spacial score (nSPS) is 16.3. The SMILES string of the molecule is O=S(=O)(c1ccc(F)c(F)c1)N1CC(Nc2ncccn2)C1. The fourth-order valence-electron chi connectivity index (χ4n) is 2.07. The summed E-state index contributed by atoms with van der Waals surface area (Å²) in [4.78, 5) is 7.71. The minimum Gasteiger partial charge on any atom is -0.349 e. The number of sulfonamides is 1. The van der Waals surface area contributed by atoms with E-state index in [2.05, 4.69) is 15.3 Å². The van der Waals surface area contributed by atoms with Crippen LogP contribution in [-0.4, -0.2) is 41.8 Å². The van der Waals surface area contributed by atoms with Gasteiger partial charge >= 0.3 is 0 Å². The Morgan fingerprint density at radius 1 is 1.14 bits per heavy atom. The van der Waals surface area contributed by atoms with Gasteiger partial charge in [-0.3, -0.25) is 0 Å². The van der Waals surface area contributed by atoms with Gasteiger partial charge in [0.15, 0.2) is 11.6 Å². The monoisotopic (exact) mass is 326 g/mol. The molecule has 22 heavy (non-hydrogen) atoms. The van der Waals surface area contributed by atoms with Crippen molar-refractivity contribution < 1.29 is 17.2 Å². The third-order valence-corrected chi connectivity index (χ3v) is 5.10. The van der Waals surface area contributed by atoms with Crippen LogP contribution in [0, 0.1) is 11.6 Å². The molecule has 6 nitrogen and oxygen atoms in total. The van der Waals surface area contributed by atoms with E-state index in [4.69, 9.17) is 0 Å². The summed E-state index contributed by atoms with van der Waals surface area (Å²) in [7, 11) is -3.82. The van der Waals surface area contributed by atoms with Gasteiger partial charge in [0.05, 0.1) is 10.9 Å². The van der Waals surface area contributed by atoms with E-state index in [-0.39, 0.29) is 24.0 Å². The molecule has 0 radical (unpaired) electrons. The molecule has 1 fully saturated rings. The highest BCUT2D eigenvalue weighted by molar-refractivity contribution is 7.89. The largest absolute Gasteiger partial charge is 0.349 e. The van der Waals surface area contributed by atoms with Crippen molar-refractivity contribution in [1.29, 1.82) is 0 Å². The third kappa shape index (κ3) is 2.77. The maximum absolute atomic E-state index is 13.2. The second kappa shape index (κ2) is 5.58. The van der Waals surface area contributed by atoms with Crippen molar-refractivity contribution in [3.8, 4) is 0 Å². The van der Waals surface area contributed by atoms with Crippen molar-refractivity contribution >= 4 is 16.0 Å². The van der Waals surface area contributed by atoms with Gasteiger partial charge < -0.3 is 5.32 Å². The van der Waals surface area contributed by atoms with Crippen LogP contribution >= 0.6 is 0 Å². The van der Waals surface area contributed by atoms with Crippen molar-refractivity contribution in [2.45, 2.75) is 10.9 Å². The second-order valence-corrected chi connectivity index (χ2v) is 6.75. The topological polar surface area (TPSA) is 75.2 Å². The van der Waals surface area contributed by atoms with Crippen LogP contribution < -0.4 is 5.32 Å². The molecule has 0 unspecified atom stereocenters. The average molecular weight is 326 g/mol. The highest BCUT2D eigenvalue weighted by atomic mass is 32.2. The minimum atomic E-state index is -3.82. The molecular formula is C13H12F2N4O2S. The van der Waals surface area contributed by atoms with Gasteiger partial charge in [0.1, 0.15) is 0 Å². The number of rotatable bonds is 4. The molecule has 1 aromatic heterocycles. The molecule has 0 saturated carbocycles. The van der Waals surface area contributed by atoms with Crippen LogP contribution in [-0.2, 0) is 10.0 Å². The molecule has 116 valence electrons. The van der Waals surface area contributed by atoms with E-state index in [0.717, 1.165) is 12.1 Å². The van der Waals surface area contributed by atoms with Gasteiger partial charge in [-0.25, -0.2) is 27.2 Å². The first-order chi connectivity index (χ1) is 10.5. The summed E-state index contributed by atoms with van der Waals surface area (Å²) in [6.07, 6.45) is 3.15. The van der Waals surface area contributed by atoms with Crippen molar-refractivity contribution in [3.63, 3.8) is 0 Å². The Kier molecular flexibility index (Phi) is 3.75. The molecule has 3 rings (SSSR count). The Morgan fingerprint density at radius 3 is 2.45 bits per heavy atom. The van der Waals surface area contributed by atoms with Crippen molar-refractivity contribution in [3.05, 3.63) is 48.3 Å². The van der Waals surface area contributed by atoms with Crippen molar-refractivity contribution in [1.82, 2.24) is 14.3 Å². The van der Waals surface area contributed by atoms with Gasteiger partial charge in [0.2, 0.25) is 16.0 Å². The van der Waals surface area contributed by atoms with E-state index in [9.17, 15) is 17.2 Å². The Bertz CT molecular complexity index is 780. The first kappa shape index (κ1) is 14.8. The molecule has 2 heterocycles. The van der Waals surface area contributed by atoms with Crippen LogP contribution in [0.3, 0.4) is 0 Å². The highest BCUT2D eigenvalue weighted by Gasteiger charge is 2.37. The lowest BCUT2D eigenvalue weighted by molar-refractivity contribution is 0.280. The number of hydrogen-bond acceptors (Lipinski definition) is 5. The average Bonchev–Trinajstić information content (AvgIpc) is 2.46. The lowest BCUT2D eigenvalue weighted by Crippen LogP contribution is -2.56. The number of anilines is 1. The molecular weight excluding hydrogens is 314 g/mol. The van der Waals surface area contributed by atoms with Gasteiger partial charge in [-0.15, -0.1) is 0 Å². The molecule has 2 aromatic rings. The van der Waals surface area contributed by atoms with E-state index in [1.807, 2.05) is 0 Å². The quantitative estimate of drug-likeness (QED) is 0.915. The van der Waals surface area contributed by atoms with Gasteiger partial charge in [-0.2, -0.15) is 4.31 Å². The van der Waals surface area contributed by atoms with Crippen LogP contribution in [0.2, 0.25) is 0 Å². The summed E-state index contributed by atoms with van der Waals surface area (Å²) in [5.74, 6) is -1.85. The van der Waals surface area contributed by atoms with Gasteiger partial charge in [-0.1, -0.05) is 0 Å². The Hall–Kier alpha value is -2.13. The summed E-state index contributed by atoms with van der Waals surface area (Å²) in [6, 6.07) is 4.09. The van der Waals surface area contributed by atoms with Crippen molar-refractivity contribution in [2.24, 2.45) is 0 Å². The van der Waals surface area contributed by atoms with Crippen LogP contribution in [0.25, 0.3) is 0 Å². The standard InChI is InChI=1S/C13H12F2N4O2S/c14-11-3-2-10(6-12(11)15)22(20,21)19-7-9(8-19)18-13-16-4-1-5-17-13/h1-6,9H,7-8H2,(H,16,17,18). The Morgan fingerprint density at radius 2 is 1.82 bits per heavy atom. The third-order valence-electron chi connectivity index (χ3n) is 3.28. The summed E-state index contributed by atoms with van der Waals surface area (Å²) >= 11 is 0. The molecule has 0 spiro atoms. The van der Waals surface area contributed by atoms with Crippen LogP contribution in [0.15, 0.2) is 41.6 Å². The Balaban J connectivity index is 1.67. The molecule has 0 aliphatic carbocycles. The number of aromatic nitrogens is 2. The second-order valence-electron chi connectivity index (χ2n) is 4.81. The number of hydrogen-bond donors (Lipinski definition) is 1. The lowest BCUT2D eigenvalue weighted by atomic mass is 10.2. The van der Waals surface area contributed by atoms with Gasteiger partial charge in [0, 0.05) is 25.5 Å². The van der Waals surface area contributed by atoms with Crippen LogP contribution in [0.4, 0.5) is 14.7 Å². The predicted octanol–water partition coefficient (Wildman–Crippen LogP) is 1.24. The van der Waals surface area contributed by atoms with Gasteiger partial charge in [-0.05, 0) is 24.3 Å². The molecule has 1 N–H and O–H groups in total. The molecule has 0 bridgehead atoms. The van der Waals surface area contributed by atoms with Gasteiger partial charge in [0.25, 0.3) is 0 Å². The fourth-order valence-corrected chi connectivity index (χ4v) is 3.61. The van der Waals surface area contributed by atoms with Crippen LogP contribution in [0.1, 0.15) is 0 Å². The summed E-state index contributed by atoms with van der Waals surface area (Å²) < 4.78 is 51.7. The summed E-state index contributed by atoms with van der Waals surface area (Å²) in [6.45, 7) is 0.416. The molecule has 0 amide bonds. The zero-order chi connectivity index (χ0) is 15.7. The van der Waals surface area contributed by atoms with E-state index in [1.165, 1.54) is 4.31 Å². The molecule has 1 aromatic carbocycles. The fraction of sp³-hybridized carbons (Fsp3) is 0.231. The minimum absolute atomic E-state index is 0.123. The summed E-state index contributed by atoms with van der Waals surface area (Å²) in [5.41, 5.74) is 0. The number of nitrogens with one attached hydrogen (secondary N) is 1. The predicted molar refractivity (Wildman–Crippen MR) is 74.6 cm³/mol.